The number of hydrogen-bond acceptors (Lipinski definition) is 2. The smallest absolute Gasteiger partial charge is 0.322 e. The SMILES string of the molecule is CC[C@H](C)N(Cc1cccc(Cl)c1)C(=O)c1ccc(C)c(N2CCNC2=O)c1. The molecule has 0 saturated carbocycles. The number of nitrogens with one attached hydrogen (secondary N) is 1. The number of anilines is 1. The lowest BCUT2D eigenvalue weighted by molar-refractivity contribution is 0.0671. The Bertz CT molecular complexity index is 884. The molecule has 3 rings (SSSR count). The molecule has 2 aromatic rings. The molecule has 0 aliphatic carbocycles. The van der Waals surface area contributed by atoms with E-state index in [2.05, 4.69) is 12.2 Å². The van der Waals surface area contributed by atoms with Gasteiger partial charge in [0.1, 0.15) is 0 Å². The van der Waals surface area contributed by atoms with Crippen LogP contribution in [-0.2, 0) is 6.54 Å². The molecular weight excluding hydrogens is 374 g/mol. The van der Waals surface area contributed by atoms with Crippen LogP contribution in [0.5, 0.6) is 0 Å². The number of carbonyl (C=O) groups excluding carboxylic acids is 2. The standard InChI is InChI=1S/C22H26ClN3O2/c1-4-16(3)26(14-17-6-5-7-19(23)12-17)21(27)18-9-8-15(2)20(13-18)25-11-10-24-22(25)28/h5-9,12-13,16H,4,10-11,14H2,1-3H3,(H,24,28)/t16-/m0/s1. The summed E-state index contributed by atoms with van der Waals surface area (Å²) in [5.74, 6) is -0.0461. The van der Waals surface area contributed by atoms with Crippen molar-refractivity contribution in [1.82, 2.24) is 10.2 Å². The lowest BCUT2D eigenvalue weighted by Gasteiger charge is -2.29. The van der Waals surface area contributed by atoms with Crippen molar-refractivity contribution in [2.45, 2.75) is 39.8 Å². The Labute approximate surface area is 171 Å². The molecule has 0 radical (unpaired) electrons. The predicted molar refractivity (Wildman–Crippen MR) is 113 cm³/mol. The highest BCUT2D eigenvalue weighted by Crippen LogP contribution is 2.25. The molecule has 2 aromatic carbocycles. The molecule has 1 aliphatic rings. The summed E-state index contributed by atoms with van der Waals surface area (Å²) in [6, 6.07) is 13.1. The molecule has 148 valence electrons. The van der Waals surface area contributed by atoms with Crippen molar-refractivity contribution >= 4 is 29.2 Å². The molecule has 1 fully saturated rings. The molecule has 0 unspecified atom stereocenters. The average molecular weight is 400 g/mol. The molecule has 1 aliphatic heterocycles. The first-order valence-corrected chi connectivity index (χ1v) is 10.00. The zero-order chi connectivity index (χ0) is 20.3. The van der Waals surface area contributed by atoms with E-state index in [9.17, 15) is 9.59 Å². The molecule has 0 spiro atoms. The third kappa shape index (κ3) is 4.30. The molecule has 0 bridgehead atoms. The first-order valence-electron chi connectivity index (χ1n) is 9.62. The van der Waals surface area contributed by atoms with Gasteiger partial charge in [-0.2, -0.15) is 0 Å². The molecule has 5 nitrogen and oxygen atoms in total. The number of rotatable bonds is 6. The van der Waals surface area contributed by atoms with Crippen LogP contribution in [0.15, 0.2) is 42.5 Å². The topological polar surface area (TPSA) is 52.7 Å². The molecule has 1 atom stereocenters. The minimum Gasteiger partial charge on any atom is -0.336 e. The summed E-state index contributed by atoms with van der Waals surface area (Å²) < 4.78 is 0. The minimum absolute atomic E-state index is 0.0461. The maximum atomic E-state index is 13.4. The van der Waals surface area contributed by atoms with Crippen molar-refractivity contribution in [3.63, 3.8) is 0 Å². The van der Waals surface area contributed by atoms with Crippen LogP contribution in [0.3, 0.4) is 0 Å². The van der Waals surface area contributed by atoms with Gasteiger partial charge in [0.15, 0.2) is 0 Å². The highest BCUT2D eigenvalue weighted by Gasteiger charge is 2.26. The fourth-order valence-corrected chi connectivity index (χ4v) is 3.59. The van der Waals surface area contributed by atoms with Gasteiger partial charge in [0.05, 0.1) is 0 Å². The lowest BCUT2D eigenvalue weighted by Crippen LogP contribution is -2.38. The Kier molecular flexibility index (Phi) is 6.25. The Morgan fingerprint density at radius 2 is 2.07 bits per heavy atom. The Morgan fingerprint density at radius 3 is 2.71 bits per heavy atom. The predicted octanol–water partition coefficient (Wildman–Crippen LogP) is 4.62. The number of benzene rings is 2. The monoisotopic (exact) mass is 399 g/mol. The maximum absolute atomic E-state index is 13.4. The molecule has 1 heterocycles. The van der Waals surface area contributed by atoms with Crippen LogP contribution in [0.25, 0.3) is 0 Å². The highest BCUT2D eigenvalue weighted by atomic mass is 35.5. The number of hydrogen-bond donors (Lipinski definition) is 1. The van der Waals surface area contributed by atoms with Crippen molar-refractivity contribution < 1.29 is 9.59 Å². The number of amides is 3. The number of carbonyl (C=O) groups is 2. The Balaban J connectivity index is 1.91. The van der Waals surface area contributed by atoms with Gasteiger partial charge in [-0.1, -0.05) is 36.7 Å². The largest absolute Gasteiger partial charge is 0.336 e. The van der Waals surface area contributed by atoms with Crippen LogP contribution in [0, 0.1) is 6.92 Å². The van der Waals surface area contributed by atoms with Gasteiger partial charge in [0.2, 0.25) is 0 Å². The van der Waals surface area contributed by atoms with Crippen molar-refractivity contribution in [2.75, 3.05) is 18.0 Å². The van der Waals surface area contributed by atoms with E-state index in [-0.39, 0.29) is 18.0 Å². The summed E-state index contributed by atoms with van der Waals surface area (Å²) in [7, 11) is 0. The molecule has 1 saturated heterocycles. The van der Waals surface area contributed by atoms with Crippen molar-refractivity contribution in [3.8, 4) is 0 Å². The second kappa shape index (κ2) is 8.65. The fourth-order valence-electron chi connectivity index (χ4n) is 3.38. The number of halogens is 1. The zero-order valence-corrected chi connectivity index (χ0v) is 17.3. The van der Waals surface area contributed by atoms with Gasteiger partial charge in [0.25, 0.3) is 5.91 Å². The molecule has 1 N–H and O–H groups in total. The normalized spacial score (nSPS) is 14.7. The van der Waals surface area contributed by atoms with Crippen molar-refractivity contribution in [1.29, 1.82) is 0 Å². The van der Waals surface area contributed by atoms with Gasteiger partial charge in [0, 0.05) is 41.9 Å². The zero-order valence-electron chi connectivity index (χ0n) is 16.5. The lowest BCUT2D eigenvalue weighted by atomic mass is 10.1. The van der Waals surface area contributed by atoms with E-state index < -0.39 is 0 Å². The molecule has 0 aromatic heterocycles. The van der Waals surface area contributed by atoms with E-state index in [4.69, 9.17) is 11.6 Å². The van der Waals surface area contributed by atoms with Gasteiger partial charge in [-0.3, -0.25) is 9.69 Å². The number of urea groups is 1. The second-order valence-electron chi connectivity index (χ2n) is 7.21. The van der Waals surface area contributed by atoms with E-state index in [1.165, 1.54) is 0 Å². The number of aryl methyl sites for hydroxylation is 1. The summed E-state index contributed by atoms with van der Waals surface area (Å²) in [4.78, 5) is 29.0. The van der Waals surface area contributed by atoms with Crippen LogP contribution >= 0.6 is 11.6 Å². The second-order valence-corrected chi connectivity index (χ2v) is 7.64. The van der Waals surface area contributed by atoms with Crippen molar-refractivity contribution in [2.24, 2.45) is 0 Å². The minimum atomic E-state index is -0.120. The third-order valence-electron chi connectivity index (χ3n) is 5.23. The Morgan fingerprint density at radius 1 is 1.29 bits per heavy atom. The number of nitrogens with zero attached hydrogens (tertiary/aromatic N) is 2. The van der Waals surface area contributed by atoms with Crippen LogP contribution in [0.2, 0.25) is 5.02 Å². The van der Waals surface area contributed by atoms with Crippen LogP contribution in [-0.4, -0.2) is 36.0 Å². The molecular formula is C22H26ClN3O2. The van der Waals surface area contributed by atoms with E-state index in [0.29, 0.717) is 30.2 Å². The Hall–Kier alpha value is -2.53. The fraction of sp³-hybridized carbons (Fsp3) is 0.364. The van der Waals surface area contributed by atoms with Gasteiger partial charge in [-0.25, -0.2) is 4.79 Å². The van der Waals surface area contributed by atoms with Crippen LogP contribution in [0.4, 0.5) is 10.5 Å². The van der Waals surface area contributed by atoms with E-state index in [1.807, 2.05) is 61.2 Å². The molecule has 28 heavy (non-hydrogen) atoms. The van der Waals surface area contributed by atoms with E-state index >= 15 is 0 Å². The summed E-state index contributed by atoms with van der Waals surface area (Å²) in [6.07, 6.45) is 0.847. The van der Waals surface area contributed by atoms with Gasteiger partial charge >= 0.3 is 6.03 Å². The van der Waals surface area contributed by atoms with Gasteiger partial charge in [-0.15, -0.1) is 0 Å². The van der Waals surface area contributed by atoms with Gasteiger partial charge in [-0.05, 0) is 55.7 Å². The molecule has 3 amide bonds. The average Bonchev–Trinajstić information content (AvgIpc) is 3.11. The van der Waals surface area contributed by atoms with Crippen molar-refractivity contribution in [3.05, 3.63) is 64.2 Å². The highest BCUT2D eigenvalue weighted by molar-refractivity contribution is 6.30. The summed E-state index contributed by atoms with van der Waals surface area (Å²) in [6.45, 7) is 7.78. The first-order chi connectivity index (χ1) is 13.4. The van der Waals surface area contributed by atoms with E-state index in [0.717, 1.165) is 23.2 Å². The third-order valence-corrected chi connectivity index (χ3v) is 5.46. The van der Waals surface area contributed by atoms with Gasteiger partial charge < -0.3 is 10.2 Å². The summed E-state index contributed by atoms with van der Waals surface area (Å²) in [5.41, 5.74) is 3.33. The van der Waals surface area contributed by atoms with Crippen LogP contribution < -0.4 is 10.2 Å². The molecule has 6 heteroatoms. The first kappa shape index (κ1) is 20.2. The summed E-state index contributed by atoms with van der Waals surface area (Å²) in [5, 5.41) is 3.47. The van der Waals surface area contributed by atoms with Crippen LogP contribution in [0.1, 0.15) is 41.8 Å². The van der Waals surface area contributed by atoms with E-state index in [1.54, 1.807) is 4.90 Å². The summed E-state index contributed by atoms with van der Waals surface area (Å²) >= 11 is 6.12. The quantitative estimate of drug-likeness (QED) is 0.770. The maximum Gasteiger partial charge on any atom is 0.322 e.